The van der Waals surface area contributed by atoms with Crippen LogP contribution in [0.4, 0.5) is 13.6 Å². The molecule has 2 fully saturated rings. The van der Waals surface area contributed by atoms with E-state index in [-0.39, 0.29) is 36.3 Å². The smallest absolute Gasteiger partial charge is 0.410 e. The van der Waals surface area contributed by atoms with E-state index in [1.807, 2.05) is 13.8 Å². The molecule has 0 radical (unpaired) electrons. The van der Waals surface area contributed by atoms with Gasteiger partial charge in [-0.15, -0.1) is 5.10 Å². The van der Waals surface area contributed by atoms with E-state index in [9.17, 15) is 23.2 Å². The molecule has 0 bridgehead atoms. The third kappa shape index (κ3) is 9.47. The van der Waals surface area contributed by atoms with Crippen molar-refractivity contribution < 1.29 is 37.4 Å². The summed E-state index contributed by atoms with van der Waals surface area (Å²) >= 11 is 0. The van der Waals surface area contributed by atoms with Gasteiger partial charge in [-0.05, 0) is 64.5 Å². The lowest BCUT2D eigenvalue weighted by atomic mass is 9.91. The van der Waals surface area contributed by atoms with Crippen LogP contribution in [0.1, 0.15) is 70.1 Å². The molecule has 0 N–H and O–H groups in total. The Labute approximate surface area is 275 Å². The van der Waals surface area contributed by atoms with Crippen LogP contribution in [0.2, 0.25) is 0 Å². The highest BCUT2D eigenvalue weighted by Gasteiger charge is 2.42. The third-order valence-electron chi connectivity index (χ3n) is 8.14. The van der Waals surface area contributed by atoms with E-state index < -0.39 is 41.2 Å². The topological polar surface area (TPSA) is 119 Å². The number of morpholine rings is 1. The molecule has 3 heterocycles. The summed E-state index contributed by atoms with van der Waals surface area (Å²) in [7, 11) is 1.60. The number of amides is 3. The van der Waals surface area contributed by atoms with Crippen molar-refractivity contribution in [3.05, 3.63) is 41.2 Å². The van der Waals surface area contributed by atoms with E-state index >= 15 is 0 Å². The first kappa shape index (κ1) is 36.2. The summed E-state index contributed by atoms with van der Waals surface area (Å²) in [6.45, 7) is 12.3. The van der Waals surface area contributed by atoms with Gasteiger partial charge in [0.1, 0.15) is 5.60 Å². The highest BCUT2D eigenvalue weighted by Crippen LogP contribution is 2.28. The van der Waals surface area contributed by atoms with E-state index in [1.165, 1.54) is 15.6 Å². The Balaban J connectivity index is 1.71. The number of carbonyl (C=O) groups is 3. The number of rotatable bonds is 11. The van der Waals surface area contributed by atoms with Crippen molar-refractivity contribution >= 4 is 17.9 Å². The number of methoxy groups -OCH3 is 1. The monoisotopic (exact) mass is 662 g/mol. The Kier molecular flexibility index (Phi) is 12.3. The Hall–Kier alpha value is -3.65. The van der Waals surface area contributed by atoms with Gasteiger partial charge in [-0.2, -0.15) is 0 Å². The van der Waals surface area contributed by atoms with Gasteiger partial charge in [-0.1, -0.05) is 19.1 Å². The number of benzene rings is 1. The lowest BCUT2D eigenvalue weighted by Crippen LogP contribution is -2.58. The Morgan fingerprint density at radius 3 is 2.43 bits per heavy atom. The second kappa shape index (κ2) is 16.0. The normalized spacial score (nSPS) is 18.8. The van der Waals surface area contributed by atoms with Crippen LogP contribution in [-0.4, -0.2) is 119 Å². The van der Waals surface area contributed by atoms with E-state index in [0.717, 1.165) is 12.1 Å². The minimum atomic E-state index is -1.04. The fourth-order valence-electron chi connectivity index (χ4n) is 5.98. The van der Waals surface area contributed by atoms with Gasteiger partial charge in [0.15, 0.2) is 17.3 Å². The van der Waals surface area contributed by atoms with Crippen LogP contribution in [-0.2, 0) is 25.4 Å². The van der Waals surface area contributed by atoms with Gasteiger partial charge in [0, 0.05) is 52.5 Å². The van der Waals surface area contributed by atoms with Crippen LogP contribution in [0.15, 0.2) is 18.2 Å². The molecule has 2 saturated heterocycles. The molecule has 260 valence electrons. The molecule has 1 aromatic carbocycles. The maximum absolute atomic E-state index is 14.5. The molecule has 47 heavy (non-hydrogen) atoms. The fraction of sp³-hybridized carbons (Fsp3) is 0.667. The summed E-state index contributed by atoms with van der Waals surface area (Å²) in [5.41, 5.74) is 0.0134. The van der Waals surface area contributed by atoms with Gasteiger partial charge in [-0.25, -0.2) is 18.3 Å². The largest absolute Gasteiger partial charge is 0.444 e. The van der Waals surface area contributed by atoms with Crippen molar-refractivity contribution in [2.75, 3.05) is 59.7 Å². The molecule has 0 saturated carbocycles. The number of carbonyl (C=O) groups excluding carboxylic acids is 3. The zero-order chi connectivity index (χ0) is 34.3. The summed E-state index contributed by atoms with van der Waals surface area (Å²) in [5.74, 6) is -3.07. The van der Waals surface area contributed by atoms with Gasteiger partial charge >= 0.3 is 6.09 Å². The first-order valence-corrected chi connectivity index (χ1v) is 16.3. The van der Waals surface area contributed by atoms with Crippen LogP contribution >= 0.6 is 0 Å². The number of piperidine rings is 1. The Morgan fingerprint density at radius 1 is 1.06 bits per heavy atom. The minimum absolute atomic E-state index is 0.0376. The highest BCUT2D eigenvalue weighted by atomic mass is 19.2. The van der Waals surface area contributed by atoms with Crippen molar-refractivity contribution in [1.82, 2.24) is 29.7 Å². The van der Waals surface area contributed by atoms with Crippen molar-refractivity contribution in [2.24, 2.45) is 11.8 Å². The molecule has 3 amide bonds. The van der Waals surface area contributed by atoms with E-state index in [2.05, 4.69) is 10.3 Å². The Bertz CT molecular complexity index is 1390. The lowest BCUT2D eigenvalue weighted by molar-refractivity contribution is -0.142. The number of hydrogen-bond donors (Lipinski definition) is 0. The van der Waals surface area contributed by atoms with Gasteiger partial charge in [0.25, 0.3) is 5.91 Å². The van der Waals surface area contributed by atoms with E-state index in [0.29, 0.717) is 70.8 Å². The van der Waals surface area contributed by atoms with Gasteiger partial charge in [0.2, 0.25) is 5.91 Å². The van der Waals surface area contributed by atoms with Gasteiger partial charge in [-0.3, -0.25) is 9.59 Å². The number of aromatic nitrogens is 3. The quantitative estimate of drug-likeness (QED) is 0.330. The maximum Gasteiger partial charge on any atom is 0.410 e. The van der Waals surface area contributed by atoms with Crippen molar-refractivity contribution in [2.45, 2.75) is 71.9 Å². The number of halogens is 2. The predicted octanol–water partition coefficient (Wildman–Crippen LogP) is 4.10. The van der Waals surface area contributed by atoms with Crippen LogP contribution < -0.4 is 0 Å². The van der Waals surface area contributed by atoms with Crippen LogP contribution in [0.5, 0.6) is 0 Å². The fourth-order valence-corrected chi connectivity index (χ4v) is 5.98. The van der Waals surface area contributed by atoms with Gasteiger partial charge < -0.3 is 28.9 Å². The molecule has 0 aliphatic carbocycles. The second-order valence-corrected chi connectivity index (χ2v) is 13.6. The SMILES string of the molecule is COCCCCc1c(C(=O)N(CC(C)C)[C@H]2C[C@@H](C(=O)N3CCOCC3)CN(C(=O)OC(C)(C)C)C2)nnn1-c1ccc(F)c(F)c1. The third-order valence-corrected chi connectivity index (χ3v) is 8.14. The van der Waals surface area contributed by atoms with Crippen LogP contribution in [0.25, 0.3) is 5.69 Å². The van der Waals surface area contributed by atoms with Gasteiger partial charge in [0.05, 0.1) is 36.6 Å². The van der Waals surface area contributed by atoms with E-state index in [1.54, 1.807) is 37.7 Å². The number of likely N-dealkylation sites (tertiary alicyclic amines) is 1. The Morgan fingerprint density at radius 2 is 1.79 bits per heavy atom. The molecule has 2 aliphatic heterocycles. The number of ether oxygens (including phenoxy) is 3. The standard InChI is InChI=1S/C33H48F2N6O6/c1-22(2)19-40(25-17-23(30(42)38-12-15-46-16-13-38)20-39(21-25)32(44)47-33(3,4)5)31(43)29-28(9-7-8-14-45-6)41(37-36-29)24-10-11-26(34)27(35)18-24/h10-11,18,22-23,25H,7-9,12-17,19-21H2,1-6H3/t23-,25+/m1/s1. The molecule has 2 aliphatic rings. The molecule has 1 aromatic heterocycles. The van der Waals surface area contributed by atoms with Crippen LogP contribution in [0, 0.1) is 23.5 Å². The molecule has 2 atom stereocenters. The van der Waals surface area contributed by atoms with E-state index in [4.69, 9.17) is 14.2 Å². The molecule has 0 spiro atoms. The van der Waals surface area contributed by atoms with Crippen molar-refractivity contribution in [3.63, 3.8) is 0 Å². The zero-order valence-corrected chi connectivity index (χ0v) is 28.3. The predicted molar refractivity (Wildman–Crippen MR) is 169 cm³/mol. The summed E-state index contributed by atoms with van der Waals surface area (Å²) in [6.07, 6.45) is 1.48. The molecular weight excluding hydrogens is 614 g/mol. The summed E-state index contributed by atoms with van der Waals surface area (Å²) in [6, 6.07) is 2.88. The molecule has 2 aromatic rings. The highest BCUT2D eigenvalue weighted by molar-refractivity contribution is 5.94. The number of unbranched alkanes of at least 4 members (excludes halogenated alkanes) is 1. The molecule has 12 nitrogen and oxygen atoms in total. The number of hydrogen-bond acceptors (Lipinski definition) is 8. The average molecular weight is 663 g/mol. The summed E-state index contributed by atoms with van der Waals surface area (Å²) < 4.78 is 45.8. The first-order valence-electron chi connectivity index (χ1n) is 16.3. The molecule has 14 heteroatoms. The van der Waals surface area contributed by atoms with Crippen molar-refractivity contribution in [3.8, 4) is 5.69 Å². The molecule has 0 unspecified atom stereocenters. The first-order chi connectivity index (χ1) is 22.3. The van der Waals surface area contributed by atoms with Crippen LogP contribution in [0.3, 0.4) is 0 Å². The number of nitrogens with zero attached hydrogens (tertiary/aromatic N) is 6. The molecule has 4 rings (SSSR count). The molecular formula is C33H48F2N6O6. The zero-order valence-electron chi connectivity index (χ0n) is 28.3. The average Bonchev–Trinajstić information content (AvgIpc) is 3.45. The second-order valence-electron chi connectivity index (χ2n) is 13.6. The maximum atomic E-state index is 14.5. The lowest BCUT2D eigenvalue weighted by Gasteiger charge is -2.44. The summed E-state index contributed by atoms with van der Waals surface area (Å²) in [5, 5.41) is 8.49. The van der Waals surface area contributed by atoms with Crippen molar-refractivity contribution in [1.29, 1.82) is 0 Å². The summed E-state index contributed by atoms with van der Waals surface area (Å²) in [4.78, 5) is 46.7. The minimum Gasteiger partial charge on any atom is -0.444 e.